The van der Waals surface area contributed by atoms with Crippen LogP contribution in [0, 0.1) is 0 Å². The maximum Gasteiger partial charge on any atom is 0.0541 e. The lowest BCUT2D eigenvalue weighted by Crippen LogP contribution is -1.95. The lowest BCUT2D eigenvalue weighted by Gasteiger charge is -2.12. The molecule has 0 N–H and O–H groups in total. The van der Waals surface area contributed by atoms with E-state index in [4.69, 9.17) is 0 Å². The average Bonchev–Trinajstić information content (AvgIpc) is 2.97. The van der Waals surface area contributed by atoms with Gasteiger partial charge < -0.3 is 4.57 Å². The Kier molecular flexibility index (Phi) is 3.00. The third-order valence-electron chi connectivity index (χ3n) is 4.67. The van der Waals surface area contributed by atoms with Gasteiger partial charge >= 0.3 is 0 Å². The Morgan fingerprint density at radius 2 is 1.00 bits per heavy atom. The van der Waals surface area contributed by atoms with Crippen LogP contribution in [-0.4, -0.2) is 4.57 Å². The van der Waals surface area contributed by atoms with E-state index < -0.39 is 0 Å². The first kappa shape index (κ1) is 13.8. The molecule has 0 aliphatic rings. The van der Waals surface area contributed by atoms with E-state index in [1.165, 1.54) is 38.3 Å². The summed E-state index contributed by atoms with van der Waals surface area (Å²) in [7, 11) is 0. The third kappa shape index (κ3) is 1.87. The zero-order chi connectivity index (χ0) is 16.1. The summed E-state index contributed by atoms with van der Waals surface area (Å²) in [5.74, 6) is 0. The molecule has 0 spiro atoms. The molecular formula is C22H14BrN. The third-order valence-corrected chi connectivity index (χ3v) is 5.36. The SMILES string of the molecule is Brc1ccc(-n2c3ccccc3c3ccccc32)c2ccccc12. The minimum absolute atomic E-state index is 1.13. The molecule has 1 nitrogen and oxygen atoms in total. The molecule has 0 atom stereocenters. The molecule has 5 rings (SSSR count). The van der Waals surface area contributed by atoms with Gasteiger partial charge in [0, 0.05) is 20.6 Å². The van der Waals surface area contributed by atoms with Crippen molar-refractivity contribution in [1.82, 2.24) is 4.57 Å². The van der Waals surface area contributed by atoms with Gasteiger partial charge in [0.1, 0.15) is 0 Å². The molecule has 0 aliphatic heterocycles. The fourth-order valence-corrected chi connectivity index (χ4v) is 4.10. The molecule has 0 radical (unpaired) electrons. The molecule has 0 bridgehead atoms. The van der Waals surface area contributed by atoms with E-state index in [0.29, 0.717) is 0 Å². The summed E-state index contributed by atoms with van der Waals surface area (Å²) < 4.78 is 3.50. The Morgan fingerprint density at radius 3 is 1.62 bits per heavy atom. The summed E-state index contributed by atoms with van der Waals surface area (Å²) in [4.78, 5) is 0. The zero-order valence-corrected chi connectivity index (χ0v) is 14.5. The van der Waals surface area contributed by atoms with Gasteiger partial charge in [0.2, 0.25) is 0 Å². The van der Waals surface area contributed by atoms with Gasteiger partial charge in [-0.25, -0.2) is 0 Å². The average molecular weight is 372 g/mol. The molecule has 2 heteroatoms. The molecule has 4 aromatic carbocycles. The molecule has 0 aliphatic carbocycles. The van der Waals surface area contributed by atoms with E-state index in [1.807, 2.05) is 0 Å². The number of rotatable bonds is 1. The van der Waals surface area contributed by atoms with Crippen LogP contribution in [0.4, 0.5) is 0 Å². The topological polar surface area (TPSA) is 4.93 Å². The van der Waals surface area contributed by atoms with Crippen molar-refractivity contribution in [2.24, 2.45) is 0 Å². The number of hydrogen-bond acceptors (Lipinski definition) is 0. The predicted octanol–water partition coefficient (Wildman–Crippen LogP) is 6.70. The van der Waals surface area contributed by atoms with Crippen molar-refractivity contribution in [2.45, 2.75) is 0 Å². The smallest absolute Gasteiger partial charge is 0.0541 e. The summed E-state index contributed by atoms with van der Waals surface area (Å²) in [6.07, 6.45) is 0. The number of fused-ring (bicyclic) bond motifs is 4. The number of halogens is 1. The van der Waals surface area contributed by atoms with Crippen LogP contribution in [0.3, 0.4) is 0 Å². The maximum atomic E-state index is 3.68. The van der Waals surface area contributed by atoms with Crippen molar-refractivity contribution in [1.29, 1.82) is 0 Å². The fourth-order valence-electron chi connectivity index (χ4n) is 3.62. The highest BCUT2D eigenvalue weighted by Crippen LogP contribution is 2.36. The lowest BCUT2D eigenvalue weighted by atomic mass is 10.1. The van der Waals surface area contributed by atoms with Gasteiger partial charge in [-0.15, -0.1) is 0 Å². The second-order valence-electron chi connectivity index (χ2n) is 5.98. The monoisotopic (exact) mass is 371 g/mol. The van der Waals surface area contributed by atoms with Crippen LogP contribution in [0.25, 0.3) is 38.3 Å². The quantitative estimate of drug-likeness (QED) is 0.309. The van der Waals surface area contributed by atoms with Gasteiger partial charge in [0.15, 0.2) is 0 Å². The zero-order valence-electron chi connectivity index (χ0n) is 12.9. The Hall–Kier alpha value is -2.58. The Morgan fingerprint density at radius 1 is 0.500 bits per heavy atom. The predicted molar refractivity (Wildman–Crippen MR) is 106 cm³/mol. The molecule has 0 saturated heterocycles. The molecular weight excluding hydrogens is 358 g/mol. The van der Waals surface area contributed by atoms with Crippen molar-refractivity contribution in [3.8, 4) is 5.69 Å². The van der Waals surface area contributed by atoms with Crippen LogP contribution in [0.15, 0.2) is 89.4 Å². The first-order valence-electron chi connectivity index (χ1n) is 8.00. The number of nitrogens with zero attached hydrogens (tertiary/aromatic N) is 1. The Balaban J connectivity index is 2.02. The summed E-state index contributed by atoms with van der Waals surface area (Å²) in [6.45, 7) is 0. The normalized spacial score (nSPS) is 11.5. The molecule has 1 heterocycles. The van der Waals surface area contributed by atoms with Crippen LogP contribution < -0.4 is 0 Å². The Labute approximate surface area is 148 Å². The van der Waals surface area contributed by atoms with Crippen LogP contribution >= 0.6 is 15.9 Å². The largest absolute Gasteiger partial charge is 0.309 e. The minimum atomic E-state index is 1.13. The van der Waals surface area contributed by atoms with Gasteiger partial charge in [0.25, 0.3) is 0 Å². The van der Waals surface area contributed by atoms with Gasteiger partial charge in [-0.05, 0) is 29.7 Å². The van der Waals surface area contributed by atoms with Crippen LogP contribution in [0.5, 0.6) is 0 Å². The van der Waals surface area contributed by atoms with Crippen molar-refractivity contribution in [2.75, 3.05) is 0 Å². The molecule has 0 saturated carbocycles. The van der Waals surface area contributed by atoms with Crippen LogP contribution in [-0.2, 0) is 0 Å². The van der Waals surface area contributed by atoms with E-state index >= 15 is 0 Å². The minimum Gasteiger partial charge on any atom is -0.309 e. The van der Waals surface area contributed by atoms with Crippen LogP contribution in [0.1, 0.15) is 0 Å². The van der Waals surface area contributed by atoms with Gasteiger partial charge in [-0.2, -0.15) is 0 Å². The maximum absolute atomic E-state index is 3.68. The molecule has 114 valence electrons. The number of hydrogen-bond donors (Lipinski definition) is 0. The molecule has 1 aromatic heterocycles. The van der Waals surface area contributed by atoms with Crippen molar-refractivity contribution in [3.05, 3.63) is 89.4 Å². The highest BCUT2D eigenvalue weighted by molar-refractivity contribution is 9.10. The van der Waals surface area contributed by atoms with E-state index in [0.717, 1.165) is 4.47 Å². The summed E-state index contributed by atoms with van der Waals surface area (Å²) in [5.41, 5.74) is 3.70. The fraction of sp³-hybridized carbons (Fsp3) is 0. The van der Waals surface area contributed by atoms with E-state index in [-0.39, 0.29) is 0 Å². The van der Waals surface area contributed by atoms with Gasteiger partial charge in [-0.3, -0.25) is 0 Å². The van der Waals surface area contributed by atoms with E-state index in [1.54, 1.807) is 0 Å². The summed E-state index contributed by atoms with van der Waals surface area (Å²) >= 11 is 3.68. The number of para-hydroxylation sites is 2. The molecule has 0 amide bonds. The second-order valence-corrected chi connectivity index (χ2v) is 6.84. The summed E-state index contributed by atoms with van der Waals surface area (Å²) in [5, 5.41) is 5.07. The Bertz CT molecular complexity index is 1160. The van der Waals surface area contributed by atoms with Gasteiger partial charge in [0.05, 0.1) is 16.7 Å². The van der Waals surface area contributed by atoms with E-state index in [9.17, 15) is 0 Å². The highest BCUT2D eigenvalue weighted by Gasteiger charge is 2.13. The standard InChI is InChI=1S/C22H14BrN/c23-19-13-14-22(16-8-2-1-7-15(16)19)24-20-11-5-3-9-17(20)18-10-4-6-12-21(18)24/h1-14H. The highest BCUT2D eigenvalue weighted by atomic mass is 79.9. The van der Waals surface area contributed by atoms with Crippen LogP contribution in [0.2, 0.25) is 0 Å². The number of benzene rings is 4. The molecule has 5 aromatic rings. The van der Waals surface area contributed by atoms with Crippen molar-refractivity contribution < 1.29 is 0 Å². The van der Waals surface area contributed by atoms with Crippen molar-refractivity contribution in [3.63, 3.8) is 0 Å². The van der Waals surface area contributed by atoms with Gasteiger partial charge in [-0.1, -0.05) is 76.6 Å². The first-order chi connectivity index (χ1) is 11.8. The summed E-state index contributed by atoms with van der Waals surface area (Å²) in [6, 6.07) is 30.1. The first-order valence-corrected chi connectivity index (χ1v) is 8.80. The molecule has 24 heavy (non-hydrogen) atoms. The van der Waals surface area contributed by atoms with E-state index in [2.05, 4.69) is 105 Å². The second kappa shape index (κ2) is 5.22. The lowest BCUT2D eigenvalue weighted by molar-refractivity contribution is 1.20. The van der Waals surface area contributed by atoms with Crippen molar-refractivity contribution >= 4 is 48.5 Å². The molecule has 0 unspecified atom stereocenters. The molecule has 0 fully saturated rings. The number of aromatic nitrogens is 1.